The van der Waals surface area contributed by atoms with Gasteiger partial charge in [-0.05, 0) is 6.42 Å². The van der Waals surface area contributed by atoms with Crippen LogP contribution in [0.3, 0.4) is 0 Å². The molecule has 0 aliphatic carbocycles. The van der Waals surface area contributed by atoms with Crippen LogP contribution in [-0.4, -0.2) is 34.3 Å². The molecule has 2 amide bonds. The molecule has 0 spiro atoms. The Labute approximate surface area is 82.5 Å². The van der Waals surface area contributed by atoms with Crippen molar-refractivity contribution in [2.24, 2.45) is 0 Å². The number of nitrogens with zero attached hydrogens (tertiary/aromatic N) is 2. The van der Waals surface area contributed by atoms with Crippen LogP contribution >= 0.6 is 0 Å². The number of nitrogens with one attached hydrogen (secondary N) is 3. The van der Waals surface area contributed by atoms with E-state index in [1.165, 1.54) is 6.33 Å². The second kappa shape index (κ2) is 5.95. The molecule has 0 bridgehead atoms. The maximum absolute atomic E-state index is 11.1. The standard InChI is InChI=1S/C8H15N5O/c1-2-4-9-8(14)10-5-3-7-11-6-12-13-7/h6H,2-5H2,1H3,(H2,9,10,14)(H,11,12,13). The molecule has 3 N–H and O–H groups in total. The van der Waals surface area contributed by atoms with E-state index in [1.54, 1.807) is 0 Å². The third kappa shape index (κ3) is 3.88. The van der Waals surface area contributed by atoms with E-state index in [-0.39, 0.29) is 6.03 Å². The SMILES string of the molecule is CCCNC(=O)NCCc1ncn[nH]1. The van der Waals surface area contributed by atoms with Crippen molar-refractivity contribution in [1.29, 1.82) is 0 Å². The normalized spacial score (nSPS) is 9.79. The predicted molar refractivity (Wildman–Crippen MR) is 51.8 cm³/mol. The van der Waals surface area contributed by atoms with E-state index in [4.69, 9.17) is 0 Å². The highest BCUT2D eigenvalue weighted by Gasteiger charge is 1.99. The summed E-state index contributed by atoms with van der Waals surface area (Å²) in [6.45, 7) is 3.27. The summed E-state index contributed by atoms with van der Waals surface area (Å²) >= 11 is 0. The summed E-state index contributed by atoms with van der Waals surface area (Å²) in [7, 11) is 0. The third-order valence-corrected chi connectivity index (χ3v) is 1.65. The van der Waals surface area contributed by atoms with E-state index in [0.717, 1.165) is 12.2 Å². The van der Waals surface area contributed by atoms with Gasteiger partial charge in [0, 0.05) is 19.5 Å². The zero-order valence-electron chi connectivity index (χ0n) is 8.21. The van der Waals surface area contributed by atoms with E-state index in [1.807, 2.05) is 6.92 Å². The van der Waals surface area contributed by atoms with Gasteiger partial charge in [-0.2, -0.15) is 5.10 Å². The van der Waals surface area contributed by atoms with Crippen molar-refractivity contribution in [3.8, 4) is 0 Å². The van der Waals surface area contributed by atoms with Crippen LogP contribution in [0.4, 0.5) is 4.79 Å². The molecule has 14 heavy (non-hydrogen) atoms. The molecule has 6 heteroatoms. The molecular formula is C8H15N5O. The molecular weight excluding hydrogens is 182 g/mol. The fraction of sp³-hybridized carbons (Fsp3) is 0.625. The lowest BCUT2D eigenvalue weighted by Gasteiger charge is -2.04. The minimum absolute atomic E-state index is 0.133. The summed E-state index contributed by atoms with van der Waals surface area (Å²) in [5.74, 6) is 0.779. The van der Waals surface area contributed by atoms with Crippen molar-refractivity contribution in [3.63, 3.8) is 0 Å². The number of urea groups is 1. The maximum atomic E-state index is 11.1. The zero-order chi connectivity index (χ0) is 10.2. The molecule has 0 aliphatic heterocycles. The fourth-order valence-electron chi connectivity index (χ4n) is 0.947. The zero-order valence-corrected chi connectivity index (χ0v) is 8.21. The van der Waals surface area contributed by atoms with Gasteiger partial charge < -0.3 is 10.6 Å². The number of hydrogen-bond acceptors (Lipinski definition) is 3. The Morgan fingerprint density at radius 2 is 2.29 bits per heavy atom. The van der Waals surface area contributed by atoms with Gasteiger partial charge in [0.1, 0.15) is 12.2 Å². The average Bonchev–Trinajstić information content (AvgIpc) is 2.67. The summed E-state index contributed by atoms with van der Waals surface area (Å²) in [6, 6.07) is -0.133. The first-order chi connectivity index (χ1) is 6.83. The molecule has 0 aromatic carbocycles. The van der Waals surface area contributed by atoms with Crippen LogP contribution in [-0.2, 0) is 6.42 Å². The van der Waals surface area contributed by atoms with Crippen LogP contribution in [0.2, 0.25) is 0 Å². The molecule has 78 valence electrons. The Hall–Kier alpha value is -1.59. The van der Waals surface area contributed by atoms with Crippen LogP contribution in [0.1, 0.15) is 19.2 Å². The van der Waals surface area contributed by atoms with Crippen molar-refractivity contribution < 1.29 is 4.79 Å². The van der Waals surface area contributed by atoms with Gasteiger partial charge in [0.15, 0.2) is 0 Å². The van der Waals surface area contributed by atoms with E-state index in [9.17, 15) is 4.79 Å². The molecule has 1 rings (SSSR count). The van der Waals surface area contributed by atoms with Gasteiger partial charge in [-0.3, -0.25) is 5.10 Å². The molecule has 6 nitrogen and oxygen atoms in total. The Balaban J connectivity index is 2.06. The van der Waals surface area contributed by atoms with E-state index >= 15 is 0 Å². The van der Waals surface area contributed by atoms with Gasteiger partial charge in [0.2, 0.25) is 0 Å². The molecule has 0 atom stereocenters. The van der Waals surface area contributed by atoms with Crippen molar-refractivity contribution in [2.45, 2.75) is 19.8 Å². The van der Waals surface area contributed by atoms with Crippen molar-refractivity contribution in [2.75, 3.05) is 13.1 Å². The quantitative estimate of drug-likeness (QED) is 0.624. The Kier molecular flexibility index (Phi) is 4.46. The van der Waals surface area contributed by atoms with Crippen LogP contribution in [0.15, 0.2) is 6.33 Å². The first-order valence-electron chi connectivity index (χ1n) is 4.69. The first kappa shape index (κ1) is 10.5. The Morgan fingerprint density at radius 1 is 1.50 bits per heavy atom. The number of aromatic amines is 1. The van der Waals surface area contributed by atoms with E-state index < -0.39 is 0 Å². The van der Waals surface area contributed by atoms with Gasteiger partial charge in [0.05, 0.1) is 0 Å². The molecule has 0 unspecified atom stereocenters. The summed E-state index contributed by atoms with van der Waals surface area (Å²) in [4.78, 5) is 15.0. The largest absolute Gasteiger partial charge is 0.338 e. The molecule has 0 saturated carbocycles. The van der Waals surface area contributed by atoms with Gasteiger partial charge in [-0.1, -0.05) is 6.92 Å². The maximum Gasteiger partial charge on any atom is 0.314 e. The van der Waals surface area contributed by atoms with Crippen LogP contribution in [0.5, 0.6) is 0 Å². The number of aromatic nitrogens is 3. The van der Waals surface area contributed by atoms with Gasteiger partial charge >= 0.3 is 6.03 Å². The fourth-order valence-corrected chi connectivity index (χ4v) is 0.947. The highest BCUT2D eigenvalue weighted by molar-refractivity contribution is 5.73. The molecule has 1 aromatic rings. The minimum Gasteiger partial charge on any atom is -0.338 e. The number of amides is 2. The highest BCUT2D eigenvalue weighted by atomic mass is 16.2. The number of rotatable bonds is 5. The van der Waals surface area contributed by atoms with Gasteiger partial charge in [-0.15, -0.1) is 0 Å². The first-order valence-corrected chi connectivity index (χ1v) is 4.69. The number of carbonyl (C=O) groups excluding carboxylic acids is 1. The smallest absolute Gasteiger partial charge is 0.314 e. The summed E-state index contributed by atoms with van der Waals surface area (Å²) < 4.78 is 0. The summed E-state index contributed by atoms with van der Waals surface area (Å²) in [5.41, 5.74) is 0. The van der Waals surface area contributed by atoms with E-state index in [2.05, 4.69) is 25.8 Å². The second-order valence-corrected chi connectivity index (χ2v) is 2.86. The van der Waals surface area contributed by atoms with Crippen molar-refractivity contribution in [1.82, 2.24) is 25.8 Å². The van der Waals surface area contributed by atoms with Gasteiger partial charge in [0.25, 0.3) is 0 Å². The van der Waals surface area contributed by atoms with Crippen LogP contribution < -0.4 is 10.6 Å². The third-order valence-electron chi connectivity index (χ3n) is 1.65. The van der Waals surface area contributed by atoms with Crippen LogP contribution in [0, 0.1) is 0 Å². The molecule has 0 aliphatic rings. The predicted octanol–water partition coefficient (Wildman–Crippen LogP) is 0.0564. The Bertz CT molecular complexity index is 259. The lowest BCUT2D eigenvalue weighted by molar-refractivity contribution is 0.241. The molecule has 0 radical (unpaired) electrons. The average molecular weight is 197 g/mol. The Morgan fingerprint density at radius 3 is 2.93 bits per heavy atom. The number of H-pyrrole nitrogens is 1. The molecule has 1 aromatic heterocycles. The lowest BCUT2D eigenvalue weighted by Crippen LogP contribution is -2.37. The molecule has 1 heterocycles. The summed E-state index contributed by atoms with van der Waals surface area (Å²) in [5, 5.41) is 11.9. The highest BCUT2D eigenvalue weighted by Crippen LogP contribution is 1.84. The monoisotopic (exact) mass is 197 g/mol. The van der Waals surface area contributed by atoms with E-state index in [0.29, 0.717) is 19.5 Å². The van der Waals surface area contributed by atoms with Gasteiger partial charge in [-0.25, -0.2) is 9.78 Å². The molecule has 0 saturated heterocycles. The van der Waals surface area contributed by atoms with Crippen LogP contribution in [0.25, 0.3) is 0 Å². The summed E-state index contributed by atoms with van der Waals surface area (Å²) in [6.07, 6.45) is 3.06. The minimum atomic E-state index is -0.133. The topological polar surface area (TPSA) is 82.7 Å². The number of carbonyl (C=O) groups is 1. The number of hydrogen-bond donors (Lipinski definition) is 3. The second-order valence-electron chi connectivity index (χ2n) is 2.86. The van der Waals surface area contributed by atoms with Crippen molar-refractivity contribution >= 4 is 6.03 Å². The lowest BCUT2D eigenvalue weighted by atomic mass is 10.4. The van der Waals surface area contributed by atoms with Crippen molar-refractivity contribution in [3.05, 3.63) is 12.2 Å². The molecule has 0 fully saturated rings.